The maximum Gasteiger partial charge on any atom is 0.411 e. The van der Waals surface area contributed by atoms with Crippen LogP contribution in [0.5, 0.6) is 5.75 Å². The van der Waals surface area contributed by atoms with E-state index < -0.39 is 6.09 Å². The van der Waals surface area contributed by atoms with Crippen molar-refractivity contribution in [3.8, 4) is 5.75 Å². The Balaban J connectivity index is 2.56. The molecule has 0 aliphatic carbocycles. The number of benzene rings is 2. The van der Waals surface area contributed by atoms with Gasteiger partial charge in [-0.1, -0.05) is 24.3 Å². The Hall–Kier alpha value is -2.23. The van der Waals surface area contributed by atoms with Crippen molar-refractivity contribution in [2.75, 3.05) is 12.4 Å². The van der Waals surface area contributed by atoms with Crippen LogP contribution in [0.1, 0.15) is 0 Å². The summed E-state index contributed by atoms with van der Waals surface area (Å²) in [5.41, 5.74) is 0.530. The molecule has 1 amide bonds. The molecule has 0 aliphatic rings. The van der Waals surface area contributed by atoms with Gasteiger partial charge in [-0.2, -0.15) is 0 Å². The number of carbonyl (C=O) groups is 1. The Morgan fingerprint density at radius 3 is 2.62 bits per heavy atom. The van der Waals surface area contributed by atoms with E-state index in [1.54, 1.807) is 24.3 Å². The number of aromatic hydroxyl groups is 1. The number of phenols is 1. The van der Waals surface area contributed by atoms with Gasteiger partial charge in [0.2, 0.25) is 0 Å². The molecular formula is C12H11NO3. The zero-order valence-corrected chi connectivity index (χ0v) is 8.73. The third kappa shape index (κ3) is 1.77. The number of phenolic OH excluding ortho intramolecular Hbond substituents is 1. The van der Waals surface area contributed by atoms with Crippen LogP contribution in [0.15, 0.2) is 36.4 Å². The molecule has 0 atom stereocenters. The Kier molecular flexibility index (Phi) is 2.64. The normalized spacial score (nSPS) is 10.1. The first-order chi connectivity index (χ1) is 7.72. The summed E-state index contributed by atoms with van der Waals surface area (Å²) in [6.45, 7) is 0. The van der Waals surface area contributed by atoms with Gasteiger partial charge in [-0.3, -0.25) is 5.32 Å². The topological polar surface area (TPSA) is 58.6 Å². The van der Waals surface area contributed by atoms with Crippen LogP contribution < -0.4 is 5.32 Å². The van der Waals surface area contributed by atoms with E-state index in [1.165, 1.54) is 7.11 Å². The Morgan fingerprint density at radius 1 is 1.25 bits per heavy atom. The van der Waals surface area contributed by atoms with E-state index in [0.29, 0.717) is 11.1 Å². The van der Waals surface area contributed by atoms with Crippen molar-refractivity contribution in [3.63, 3.8) is 0 Å². The highest BCUT2D eigenvalue weighted by atomic mass is 16.5. The van der Waals surface area contributed by atoms with Gasteiger partial charge in [0.25, 0.3) is 0 Å². The second-order valence-electron chi connectivity index (χ2n) is 3.30. The molecule has 0 spiro atoms. The molecule has 0 fully saturated rings. The summed E-state index contributed by atoms with van der Waals surface area (Å²) in [6, 6.07) is 10.5. The molecule has 82 valence electrons. The number of rotatable bonds is 1. The summed E-state index contributed by atoms with van der Waals surface area (Å²) in [4.78, 5) is 11.1. The van der Waals surface area contributed by atoms with Crippen molar-refractivity contribution in [1.82, 2.24) is 0 Å². The number of nitrogens with one attached hydrogen (secondary N) is 1. The standard InChI is InChI=1S/C12H11NO3/c1-16-12(15)13-9-6-2-4-8-5-3-7-10(14)11(8)9/h2-7,14H,1H3,(H,13,15). The van der Waals surface area contributed by atoms with Crippen LogP contribution in [0.4, 0.5) is 10.5 Å². The molecule has 4 heteroatoms. The van der Waals surface area contributed by atoms with E-state index in [-0.39, 0.29) is 5.75 Å². The van der Waals surface area contributed by atoms with Crippen LogP contribution in [0.3, 0.4) is 0 Å². The lowest BCUT2D eigenvalue weighted by Gasteiger charge is -2.08. The zero-order chi connectivity index (χ0) is 11.5. The van der Waals surface area contributed by atoms with Gasteiger partial charge in [-0.25, -0.2) is 4.79 Å². The van der Waals surface area contributed by atoms with Gasteiger partial charge in [-0.05, 0) is 17.5 Å². The zero-order valence-electron chi connectivity index (χ0n) is 8.73. The molecular weight excluding hydrogens is 206 g/mol. The van der Waals surface area contributed by atoms with Gasteiger partial charge >= 0.3 is 6.09 Å². The van der Waals surface area contributed by atoms with Crippen molar-refractivity contribution < 1.29 is 14.6 Å². The first kappa shape index (κ1) is 10.3. The highest BCUT2D eigenvalue weighted by Crippen LogP contribution is 2.31. The van der Waals surface area contributed by atoms with Gasteiger partial charge in [0.1, 0.15) is 5.75 Å². The number of carbonyl (C=O) groups excluding carboxylic acids is 1. The van der Waals surface area contributed by atoms with Gasteiger partial charge in [-0.15, -0.1) is 0 Å². The fraction of sp³-hybridized carbons (Fsp3) is 0.0833. The molecule has 0 saturated carbocycles. The highest BCUT2D eigenvalue weighted by molar-refractivity contribution is 6.03. The number of hydrogen-bond donors (Lipinski definition) is 2. The second-order valence-corrected chi connectivity index (χ2v) is 3.30. The quantitative estimate of drug-likeness (QED) is 0.772. The summed E-state index contributed by atoms with van der Waals surface area (Å²) in [5.74, 6) is 0.129. The van der Waals surface area contributed by atoms with Gasteiger partial charge < -0.3 is 9.84 Å². The summed E-state index contributed by atoms with van der Waals surface area (Å²) in [7, 11) is 1.29. The Bertz CT molecular complexity index is 532. The predicted molar refractivity (Wildman–Crippen MR) is 61.6 cm³/mol. The third-order valence-corrected chi connectivity index (χ3v) is 2.30. The summed E-state index contributed by atoms with van der Waals surface area (Å²) in [6.07, 6.45) is -0.559. The lowest BCUT2D eigenvalue weighted by molar-refractivity contribution is 0.187. The van der Waals surface area contributed by atoms with Crippen LogP contribution in [0.25, 0.3) is 10.8 Å². The number of methoxy groups -OCH3 is 1. The largest absolute Gasteiger partial charge is 0.507 e. The summed E-state index contributed by atoms with van der Waals surface area (Å²) < 4.78 is 4.51. The number of fused-ring (bicyclic) bond motifs is 1. The van der Waals surface area contributed by atoms with Crippen LogP contribution in [-0.4, -0.2) is 18.3 Å². The maximum atomic E-state index is 11.1. The van der Waals surface area contributed by atoms with Crippen LogP contribution in [-0.2, 0) is 4.74 Å². The Labute approximate surface area is 92.5 Å². The van der Waals surface area contributed by atoms with Crippen molar-refractivity contribution in [1.29, 1.82) is 0 Å². The van der Waals surface area contributed by atoms with Gasteiger partial charge in [0, 0.05) is 5.39 Å². The number of amides is 1. The van der Waals surface area contributed by atoms with Gasteiger partial charge in [0.05, 0.1) is 12.8 Å². The number of hydrogen-bond acceptors (Lipinski definition) is 3. The van der Waals surface area contributed by atoms with Crippen molar-refractivity contribution in [2.24, 2.45) is 0 Å². The molecule has 0 bridgehead atoms. The number of anilines is 1. The fourth-order valence-electron chi connectivity index (χ4n) is 1.59. The van der Waals surface area contributed by atoms with E-state index in [4.69, 9.17) is 0 Å². The molecule has 0 saturated heterocycles. The van der Waals surface area contributed by atoms with Crippen LogP contribution >= 0.6 is 0 Å². The second kappa shape index (κ2) is 4.10. The predicted octanol–water partition coefficient (Wildman–Crippen LogP) is 2.72. The Morgan fingerprint density at radius 2 is 1.94 bits per heavy atom. The molecule has 2 rings (SSSR count). The van der Waals surface area contributed by atoms with Crippen LogP contribution in [0, 0.1) is 0 Å². The smallest absolute Gasteiger partial charge is 0.411 e. The molecule has 2 aromatic rings. The first-order valence-corrected chi connectivity index (χ1v) is 4.78. The van der Waals surface area contributed by atoms with E-state index in [1.807, 2.05) is 12.1 Å². The summed E-state index contributed by atoms with van der Waals surface area (Å²) >= 11 is 0. The highest BCUT2D eigenvalue weighted by Gasteiger charge is 2.07. The minimum absolute atomic E-state index is 0.129. The maximum absolute atomic E-state index is 11.1. The first-order valence-electron chi connectivity index (χ1n) is 4.78. The average molecular weight is 217 g/mol. The van der Waals surface area contributed by atoms with Crippen molar-refractivity contribution in [3.05, 3.63) is 36.4 Å². The lowest BCUT2D eigenvalue weighted by Crippen LogP contribution is -2.11. The van der Waals surface area contributed by atoms with Gasteiger partial charge in [0.15, 0.2) is 0 Å². The molecule has 4 nitrogen and oxygen atoms in total. The molecule has 0 aliphatic heterocycles. The van der Waals surface area contributed by atoms with E-state index in [0.717, 1.165) is 5.39 Å². The minimum atomic E-state index is -0.559. The average Bonchev–Trinajstić information content (AvgIpc) is 2.29. The molecule has 0 aromatic heterocycles. The summed E-state index contributed by atoms with van der Waals surface area (Å²) in [5, 5.41) is 13.8. The van der Waals surface area contributed by atoms with E-state index in [2.05, 4.69) is 10.1 Å². The molecule has 0 unspecified atom stereocenters. The van der Waals surface area contributed by atoms with Crippen LogP contribution in [0.2, 0.25) is 0 Å². The fourth-order valence-corrected chi connectivity index (χ4v) is 1.59. The van der Waals surface area contributed by atoms with Crippen molar-refractivity contribution in [2.45, 2.75) is 0 Å². The molecule has 0 radical (unpaired) electrons. The van der Waals surface area contributed by atoms with Crippen molar-refractivity contribution >= 4 is 22.6 Å². The SMILES string of the molecule is COC(=O)Nc1cccc2cccc(O)c12. The molecule has 16 heavy (non-hydrogen) atoms. The van der Waals surface area contributed by atoms with E-state index in [9.17, 15) is 9.90 Å². The molecule has 2 N–H and O–H groups in total. The molecule has 0 heterocycles. The monoisotopic (exact) mass is 217 g/mol. The van der Waals surface area contributed by atoms with E-state index >= 15 is 0 Å². The lowest BCUT2D eigenvalue weighted by atomic mass is 10.1. The minimum Gasteiger partial charge on any atom is -0.507 e. The molecule has 2 aromatic carbocycles. The third-order valence-electron chi connectivity index (χ3n) is 2.30. The number of ether oxygens (including phenoxy) is 1.